The molecule has 102 valence electrons. The molecular formula is C11H16N6OS. The molecule has 0 aromatic carbocycles. The first-order chi connectivity index (χ1) is 9.20. The van der Waals surface area contributed by atoms with Gasteiger partial charge in [-0.25, -0.2) is 15.0 Å². The van der Waals surface area contributed by atoms with Crippen molar-refractivity contribution in [3.63, 3.8) is 0 Å². The van der Waals surface area contributed by atoms with Gasteiger partial charge in [0.05, 0.1) is 6.61 Å². The molecule has 1 atom stereocenters. The number of methoxy groups -OCH3 is 1. The molecule has 1 unspecified atom stereocenters. The Morgan fingerprint density at radius 3 is 2.84 bits per heavy atom. The second-order valence-electron chi connectivity index (χ2n) is 3.95. The Balaban J connectivity index is 2.13. The molecule has 4 N–H and O–H groups in total. The van der Waals surface area contributed by atoms with Crippen molar-refractivity contribution in [1.29, 1.82) is 0 Å². The maximum absolute atomic E-state index is 6.03. The van der Waals surface area contributed by atoms with E-state index >= 15 is 0 Å². The molecule has 0 fully saturated rings. The highest BCUT2D eigenvalue weighted by molar-refractivity contribution is 7.13. The summed E-state index contributed by atoms with van der Waals surface area (Å²) >= 11 is 1.48. The quantitative estimate of drug-likeness (QED) is 0.740. The fraction of sp³-hybridized carbons (Fsp3) is 0.364. The van der Waals surface area contributed by atoms with E-state index in [9.17, 15) is 0 Å². The van der Waals surface area contributed by atoms with Crippen molar-refractivity contribution >= 4 is 33.8 Å². The molecule has 0 bridgehead atoms. The van der Waals surface area contributed by atoms with E-state index in [2.05, 4.69) is 25.6 Å². The third-order valence-electron chi connectivity index (χ3n) is 2.34. The molecule has 8 heteroatoms. The molecule has 2 heterocycles. The monoisotopic (exact) mass is 280 g/mol. The number of ether oxygens (including phenoxy) is 1. The second kappa shape index (κ2) is 6.30. The fourth-order valence-electron chi connectivity index (χ4n) is 1.52. The number of anilines is 4. The third kappa shape index (κ3) is 3.52. The van der Waals surface area contributed by atoms with E-state index in [1.807, 2.05) is 12.3 Å². The van der Waals surface area contributed by atoms with Crippen molar-refractivity contribution in [2.45, 2.75) is 13.0 Å². The highest BCUT2D eigenvalue weighted by atomic mass is 32.1. The largest absolute Gasteiger partial charge is 0.393 e. The lowest BCUT2D eigenvalue weighted by Crippen LogP contribution is -2.22. The summed E-state index contributed by atoms with van der Waals surface area (Å²) in [5.74, 6) is 1.12. The van der Waals surface area contributed by atoms with Crippen LogP contribution in [0, 0.1) is 0 Å². The fourth-order valence-corrected chi connectivity index (χ4v) is 2.05. The molecule has 7 nitrogen and oxygen atoms in total. The van der Waals surface area contributed by atoms with Crippen LogP contribution >= 0.6 is 11.3 Å². The number of nitrogens with one attached hydrogen (secondary N) is 2. The van der Waals surface area contributed by atoms with E-state index in [1.165, 1.54) is 17.7 Å². The van der Waals surface area contributed by atoms with Crippen LogP contribution in [-0.2, 0) is 4.74 Å². The van der Waals surface area contributed by atoms with Gasteiger partial charge in [0, 0.05) is 24.7 Å². The van der Waals surface area contributed by atoms with Crippen LogP contribution in [0.4, 0.5) is 22.5 Å². The average Bonchev–Trinajstić information content (AvgIpc) is 2.87. The number of rotatable bonds is 6. The zero-order valence-electron chi connectivity index (χ0n) is 10.8. The van der Waals surface area contributed by atoms with Crippen molar-refractivity contribution in [3.8, 4) is 0 Å². The normalized spacial score (nSPS) is 12.1. The predicted octanol–water partition coefficient (Wildman–Crippen LogP) is 1.71. The minimum absolute atomic E-state index is 0.106. The molecule has 0 aliphatic heterocycles. The number of nitrogens with zero attached hydrogens (tertiary/aromatic N) is 3. The van der Waals surface area contributed by atoms with Gasteiger partial charge in [0.1, 0.15) is 12.0 Å². The van der Waals surface area contributed by atoms with Crippen LogP contribution in [0.5, 0.6) is 0 Å². The Labute approximate surface area is 115 Å². The minimum Gasteiger partial charge on any atom is -0.393 e. The summed E-state index contributed by atoms with van der Waals surface area (Å²) < 4.78 is 5.06. The van der Waals surface area contributed by atoms with Crippen molar-refractivity contribution in [3.05, 3.63) is 17.9 Å². The average molecular weight is 280 g/mol. The number of hydrogen-bond donors (Lipinski definition) is 3. The Bertz CT molecular complexity index is 518. The SMILES string of the molecule is COCC(C)Nc1ncnc(Nc2nccs2)c1N. The minimum atomic E-state index is 0.106. The summed E-state index contributed by atoms with van der Waals surface area (Å²) in [6.45, 7) is 2.55. The molecule has 0 amide bonds. The van der Waals surface area contributed by atoms with Gasteiger partial charge >= 0.3 is 0 Å². The van der Waals surface area contributed by atoms with E-state index in [0.717, 1.165) is 5.13 Å². The van der Waals surface area contributed by atoms with Crippen molar-refractivity contribution in [2.75, 3.05) is 30.1 Å². The lowest BCUT2D eigenvalue weighted by Gasteiger charge is -2.16. The van der Waals surface area contributed by atoms with Gasteiger partial charge in [-0.05, 0) is 6.92 Å². The highest BCUT2D eigenvalue weighted by Gasteiger charge is 2.11. The highest BCUT2D eigenvalue weighted by Crippen LogP contribution is 2.26. The zero-order valence-corrected chi connectivity index (χ0v) is 11.6. The summed E-state index contributed by atoms with van der Waals surface area (Å²) in [6, 6.07) is 0.106. The molecular weight excluding hydrogens is 264 g/mol. The molecule has 0 saturated carbocycles. The van der Waals surface area contributed by atoms with Gasteiger partial charge in [0.15, 0.2) is 16.8 Å². The lowest BCUT2D eigenvalue weighted by atomic mass is 10.3. The summed E-state index contributed by atoms with van der Waals surface area (Å²) in [5.41, 5.74) is 6.49. The van der Waals surface area contributed by atoms with E-state index in [1.54, 1.807) is 13.3 Å². The van der Waals surface area contributed by atoms with E-state index in [0.29, 0.717) is 23.9 Å². The Morgan fingerprint density at radius 1 is 1.37 bits per heavy atom. The van der Waals surface area contributed by atoms with Crippen LogP contribution in [0.1, 0.15) is 6.92 Å². The van der Waals surface area contributed by atoms with Crippen molar-refractivity contribution in [2.24, 2.45) is 0 Å². The van der Waals surface area contributed by atoms with E-state index < -0.39 is 0 Å². The predicted molar refractivity (Wildman–Crippen MR) is 76.8 cm³/mol. The van der Waals surface area contributed by atoms with Crippen molar-refractivity contribution in [1.82, 2.24) is 15.0 Å². The van der Waals surface area contributed by atoms with Gasteiger partial charge in [0.2, 0.25) is 0 Å². The first kappa shape index (κ1) is 13.5. The molecule has 0 spiro atoms. The molecule has 2 aromatic heterocycles. The van der Waals surface area contributed by atoms with Gasteiger partial charge in [-0.1, -0.05) is 0 Å². The number of aromatic nitrogens is 3. The maximum Gasteiger partial charge on any atom is 0.188 e. The van der Waals surface area contributed by atoms with Crippen LogP contribution < -0.4 is 16.4 Å². The lowest BCUT2D eigenvalue weighted by molar-refractivity contribution is 0.190. The van der Waals surface area contributed by atoms with Crippen molar-refractivity contribution < 1.29 is 4.74 Å². The zero-order chi connectivity index (χ0) is 13.7. The summed E-state index contributed by atoms with van der Waals surface area (Å²) in [4.78, 5) is 12.4. The standard InChI is InChI=1S/C11H16N6OS/c1-7(5-18-2)16-9-8(12)10(15-6-14-9)17-11-13-3-4-19-11/h3-4,6-7H,5,12H2,1-2H3,(H2,13,14,15,16,17). The summed E-state index contributed by atoms with van der Waals surface area (Å²) in [6.07, 6.45) is 3.17. The molecule has 0 saturated heterocycles. The molecule has 19 heavy (non-hydrogen) atoms. The summed E-state index contributed by atoms with van der Waals surface area (Å²) in [5, 5.41) is 8.84. The number of hydrogen-bond acceptors (Lipinski definition) is 8. The van der Waals surface area contributed by atoms with Gasteiger partial charge in [-0.3, -0.25) is 0 Å². The molecule has 0 aliphatic rings. The Morgan fingerprint density at radius 2 is 2.16 bits per heavy atom. The number of nitrogens with two attached hydrogens (primary N) is 1. The van der Waals surface area contributed by atoms with Crippen LogP contribution in [0.2, 0.25) is 0 Å². The smallest absolute Gasteiger partial charge is 0.188 e. The van der Waals surface area contributed by atoms with E-state index in [-0.39, 0.29) is 6.04 Å². The van der Waals surface area contributed by atoms with Crippen LogP contribution in [-0.4, -0.2) is 34.7 Å². The topological polar surface area (TPSA) is 98.0 Å². The number of thiazole rings is 1. The van der Waals surface area contributed by atoms with Crippen LogP contribution in [0.25, 0.3) is 0 Å². The Kier molecular flexibility index (Phi) is 4.48. The molecule has 0 aliphatic carbocycles. The van der Waals surface area contributed by atoms with Gasteiger partial charge < -0.3 is 21.1 Å². The molecule has 2 rings (SSSR count). The molecule has 2 aromatic rings. The second-order valence-corrected chi connectivity index (χ2v) is 4.84. The van der Waals surface area contributed by atoms with E-state index in [4.69, 9.17) is 10.5 Å². The number of nitrogen functional groups attached to an aromatic ring is 1. The first-order valence-corrected chi connectivity index (χ1v) is 6.61. The van der Waals surface area contributed by atoms with Gasteiger partial charge in [0.25, 0.3) is 0 Å². The molecule has 0 radical (unpaired) electrons. The summed E-state index contributed by atoms with van der Waals surface area (Å²) in [7, 11) is 1.65. The first-order valence-electron chi connectivity index (χ1n) is 5.73. The van der Waals surface area contributed by atoms with Crippen LogP contribution in [0.3, 0.4) is 0 Å². The maximum atomic E-state index is 6.03. The third-order valence-corrected chi connectivity index (χ3v) is 3.03. The van der Waals surface area contributed by atoms with Gasteiger partial charge in [-0.15, -0.1) is 11.3 Å². The van der Waals surface area contributed by atoms with Crippen LogP contribution in [0.15, 0.2) is 17.9 Å². The van der Waals surface area contributed by atoms with Gasteiger partial charge in [-0.2, -0.15) is 0 Å². The Hall–Kier alpha value is -1.93.